The van der Waals surface area contributed by atoms with Crippen LogP contribution in [0.4, 0.5) is 0 Å². The molecule has 7 nitrogen and oxygen atoms in total. The second-order valence-electron chi connectivity index (χ2n) is 7.66. The van der Waals surface area contributed by atoms with Gasteiger partial charge in [0, 0.05) is 29.2 Å². The van der Waals surface area contributed by atoms with E-state index >= 15 is 0 Å². The Hall–Kier alpha value is -4.26. The van der Waals surface area contributed by atoms with E-state index in [-0.39, 0.29) is 11.5 Å². The Labute approximate surface area is 197 Å². The first kappa shape index (κ1) is 22.9. The average molecular weight is 459 g/mol. The molecule has 0 saturated carbocycles. The molecule has 1 heterocycles. The van der Waals surface area contributed by atoms with E-state index in [0.29, 0.717) is 52.2 Å². The van der Waals surface area contributed by atoms with Gasteiger partial charge in [-0.05, 0) is 54.4 Å². The van der Waals surface area contributed by atoms with E-state index in [0.717, 1.165) is 5.56 Å². The molecule has 0 fully saturated rings. The van der Waals surface area contributed by atoms with Crippen LogP contribution < -0.4 is 25.1 Å². The van der Waals surface area contributed by atoms with Gasteiger partial charge in [0.1, 0.15) is 5.75 Å². The number of pyridine rings is 1. The summed E-state index contributed by atoms with van der Waals surface area (Å²) in [6.07, 6.45) is 2.21. The Bertz CT molecular complexity index is 1380. The van der Waals surface area contributed by atoms with Crippen LogP contribution in [0.3, 0.4) is 0 Å². The van der Waals surface area contributed by atoms with Crippen molar-refractivity contribution in [2.75, 3.05) is 27.9 Å². The van der Waals surface area contributed by atoms with E-state index in [1.807, 2.05) is 24.3 Å². The van der Waals surface area contributed by atoms with Gasteiger partial charge in [0.25, 0.3) is 11.5 Å². The highest BCUT2D eigenvalue weighted by Crippen LogP contribution is 2.27. The summed E-state index contributed by atoms with van der Waals surface area (Å²) in [4.78, 5) is 26.3. The zero-order valence-electron chi connectivity index (χ0n) is 19.3. The summed E-state index contributed by atoms with van der Waals surface area (Å²) < 4.78 is 17.3. The van der Waals surface area contributed by atoms with E-state index in [1.165, 1.54) is 4.57 Å². The molecule has 4 aromatic rings. The summed E-state index contributed by atoms with van der Waals surface area (Å²) in [5.41, 5.74) is 1.89. The standard InChI is InChI=1S/C27H26N2O5/c1-32-20-11-9-19(10-12-20)29-17-23(21-6-4-5-7-22(21)27(29)31)26(30)28-15-14-18-8-13-24(33-2)25(16-18)34-3/h4-13,16-17H,14-15H2,1-3H3,(H,28,30). The van der Waals surface area contributed by atoms with Gasteiger partial charge in [0.05, 0.1) is 26.9 Å². The third-order valence-corrected chi connectivity index (χ3v) is 5.67. The SMILES string of the molecule is COc1ccc(-n2cc(C(=O)NCCc3ccc(OC)c(OC)c3)c3ccccc3c2=O)cc1. The number of benzene rings is 3. The first-order valence-electron chi connectivity index (χ1n) is 10.8. The number of amides is 1. The minimum Gasteiger partial charge on any atom is -0.497 e. The fourth-order valence-electron chi connectivity index (χ4n) is 3.86. The van der Waals surface area contributed by atoms with Crippen LogP contribution in [0.15, 0.2) is 77.7 Å². The lowest BCUT2D eigenvalue weighted by Crippen LogP contribution is -2.28. The van der Waals surface area contributed by atoms with Gasteiger partial charge in [-0.2, -0.15) is 0 Å². The summed E-state index contributed by atoms with van der Waals surface area (Å²) in [5.74, 6) is 1.73. The van der Waals surface area contributed by atoms with Crippen LogP contribution in [0.5, 0.6) is 17.2 Å². The van der Waals surface area contributed by atoms with Gasteiger partial charge in [-0.25, -0.2) is 0 Å². The van der Waals surface area contributed by atoms with Crippen LogP contribution in [0.2, 0.25) is 0 Å². The minimum absolute atomic E-state index is 0.192. The summed E-state index contributed by atoms with van der Waals surface area (Å²) in [5, 5.41) is 4.07. The molecule has 1 N–H and O–H groups in total. The zero-order valence-corrected chi connectivity index (χ0v) is 19.3. The van der Waals surface area contributed by atoms with Crippen molar-refractivity contribution >= 4 is 16.7 Å². The predicted molar refractivity (Wildman–Crippen MR) is 132 cm³/mol. The number of nitrogens with zero attached hydrogens (tertiary/aromatic N) is 1. The number of ether oxygens (including phenoxy) is 3. The number of rotatable bonds is 8. The van der Waals surface area contributed by atoms with Crippen molar-refractivity contribution in [1.29, 1.82) is 0 Å². The molecule has 1 aromatic heterocycles. The number of fused-ring (bicyclic) bond motifs is 1. The van der Waals surface area contributed by atoms with Crippen molar-refractivity contribution in [1.82, 2.24) is 9.88 Å². The lowest BCUT2D eigenvalue weighted by Gasteiger charge is -2.13. The molecule has 0 radical (unpaired) electrons. The molecule has 0 aliphatic heterocycles. The van der Waals surface area contributed by atoms with Gasteiger partial charge in [0.15, 0.2) is 11.5 Å². The molecule has 0 aliphatic rings. The molecule has 3 aromatic carbocycles. The maximum absolute atomic E-state index is 13.2. The van der Waals surface area contributed by atoms with E-state index < -0.39 is 0 Å². The largest absolute Gasteiger partial charge is 0.497 e. The first-order chi connectivity index (χ1) is 16.5. The normalized spacial score (nSPS) is 10.7. The van der Waals surface area contributed by atoms with E-state index in [2.05, 4.69) is 5.32 Å². The Morgan fingerprint density at radius 3 is 2.24 bits per heavy atom. The van der Waals surface area contributed by atoms with Crippen LogP contribution in [0, 0.1) is 0 Å². The fraction of sp³-hybridized carbons (Fsp3) is 0.185. The van der Waals surface area contributed by atoms with Crippen LogP contribution in [0.1, 0.15) is 15.9 Å². The molecule has 0 unspecified atom stereocenters. The second-order valence-corrected chi connectivity index (χ2v) is 7.66. The van der Waals surface area contributed by atoms with Gasteiger partial charge >= 0.3 is 0 Å². The lowest BCUT2D eigenvalue weighted by atomic mass is 10.1. The Morgan fingerprint density at radius 1 is 0.853 bits per heavy atom. The molecule has 7 heteroatoms. The first-order valence-corrected chi connectivity index (χ1v) is 10.8. The zero-order chi connectivity index (χ0) is 24.1. The summed E-state index contributed by atoms with van der Waals surface area (Å²) in [7, 11) is 4.77. The number of carbonyl (C=O) groups is 1. The van der Waals surface area contributed by atoms with Crippen molar-refractivity contribution in [3.63, 3.8) is 0 Å². The fourth-order valence-corrected chi connectivity index (χ4v) is 3.86. The monoisotopic (exact) mass is 458 g/mol. The molecule has 0 atom stereocenters. The van der Waals surface area contributed by atoms with Gasteiger partial charge in [0.2, 0.25) is 0 Å². The maximum atomic E-state index is 13.2. The molecule has 1 amide bonds. The molecular formula is C27H26N2O5. The summed E-state index contributed by atoms with van der Waals surface area (Å²) >= 11 is 0. The number of aromatic nitrogens is 1. The predicted octanol–water partition coefficient (Wildman–Crippen LogP) is 3.99. The Morgan fingerprint density at radius 2 is 1.56 bits per heavy atom. The van der Waals surface area contributed by atoms with Crippen LogP contribution in [0.25, 0.3) is 16.5 Å². The Balaban J connectivity index is 1.61. The molecule has 0 bridgehead atoms. The number of hydrogen-bond acceptors (Lipinski definition) is 5. The van der Waals surface area contributed by atoms with Gasteiger partial charge < -0.3 is 19.5 Å². The molecule has 174 valence electrons. The molecular weight excluding hydrogens is 432 g/mol. The topological polar surface area (TPSA) is 78.8 Å². The van der Waals surface area contributed by atoms with Gasteiger partial charge in [-0.1, -0.05) is 24.3 Å². The highest BCUT2D eigenvalue weighted by Gasteiger charge is 2.15. The molecule has 0 spiro atoms. The van der Waals surface area contributed by atoms with E-state index in [4.69, 9.17) is 14.2 Å². The van der Waals surface area contributed by atoms with E-state index in [1.54, 1.807) is 70.0 Å². The molecule has 4 rings (SSSR count). The number of carbonyl (C=O) groups excluding carboxylic acids is 1. The highest BCUT2D eigenvalue weighted by molar-refractivity contribution is 6.06. The quantitative estimate of drug-likeness (QED) is 0.432. The Kier molecular flexibility index (Phi) is 6.82. The average Bonchev–Trinajstić information content (AvgIpc) is 2.89. The van der Waals surface area contributed by atoms with Crippen molar-refractivity contribution in [3.05, 3.63) is 94.4 Å². The third kappa shape index (κ3) is 4.59. The minimum atomic E-state index is -0.251. The summed E-state index contributed by atoms with van der Waals surface area (Å²) in [6.45, 7) is 0.421. The third-order valence-electron chi connectivity index (χ3n) is 5.67. The van der Waals surface area contributed by atoms with Crippen molar-refractivity contribution in [2.45, 2.75) is 6.42 Å². The van der Waals surface area contributed by atoms with Crippen LogP contribution in [-0.4, -0.2) is 38.3 Å². The maximum Gasteiger partial charge on any atom is 0.262 e. The summed E-state index contributed by atoms with van der Waals surface area (Å²) in [6, 6.07) is 19.9. The molecule has 34 heavy (non-hydrogen) atoms. The van der Waals surface area contributed by atoms with Gasteiger partial charge in [-0.15, -0.1) is 0 Å². The second kappa shape index (κ2) is 10.1. The van der Waals surface area contributed by atoms with Crippen LogP contribution >= 0.6 is 0 Å². The number of hydrogen-bond donors (Lipinski definition) is 1. The number of nitrogens with one attached hydrogen (secondary N) is 1. The molecule has 0 aliphatic carbocycles. The van der Waals surface area contributed by atoms with Crippen LogP contribution in [-0.2, 0) is 6.42 Å². The lowest BCUT2D eigenvalue weighted by molar-refractivity contribution is 0.0955. The highest BCUT2D eigenvalue weighted by atomic mass is 16.5. The van der Waals surface area contributed by atoms with Crippen molar-refractivity contribution in [3.8, 4) is 22.9 Å². The van der Waals surface area contributed by atoms with E-state index in [9.17, 15) is 9.59 Å². The van der Waals surface area contributed by atoms with Crippen molar-refractivity contribution in [2.24, 2.45) is 0 Å². The smallest absolute Gasteiger partial charge is 0.262 e. The van der Waals surface area contributed by atoms with Crippen molar-refractivity contribution < 1.29 is 19.0 Å². The number of methoxy groups -OCH3 is 3. The van der Waals surface area contributed by atoms with Gasteiger partial charge in [-0.3, -0.25) is 14.2 Å². The molecule has 0 saturated heterocycles.